The van der Waals surface area contributed by atoms with Gasteiger partial charge < -0.3 is 4.42 Å². The SMILES string of the molecule is C/C(=N/Nc1nc2ccccc2c(=O)n1-c1ccc(C(C)C)cc1)c1ccco1. The van der Waals surface area contributed by atoms with E-state index in [1.165, 1.54) is 5.56 Å². The van der Waals surface area contributed by atoms with Gasteiger partial charge in [0.25, 0.3) is 5.56 Å². The fraction of sp³-hybridized carbons (Fsp3) is 0.174. The van der Waals surface area contributed by atoms with Crippen LogP contribution in [0.4, 0.5) is 5.95 Å². The molecule has 0 bridgehead atoms. The van der Waals surface area contributed by atoms with Crippen LogP contribution in [0.3, 0.4) is 0 Å². The van der Waals surface area contributed by atoms with Crippen LogP contribution in [-0.2, 0) is 0 Å². The van der Waals surface area contributed by atoms with E-state index in [1.54, 1.807) is 23.0 Å². The first-order chi connectivity index (χ1) is 14.0. The molecule has 0 aliphatic rings. The molecule has 0 aliphatic heterocycles. The second-order valence-electron chi connectivity index (χ2n) is 7.13. The normalized spacial score (nSPS) is 11.9. The maximum atomic E-state index is 13.3. The maximum absolute atomic E-state index is 13.3. The van der Waals surface area contributed by atoms with Gasteiger partial charge in [-0.15, -0.1) is 0 Å². The van der Waals surface area contributed by atoms with E-state index in [4.69, 9.17) is 4.42 Å². The van der Waals surface area contributed by atoms with Gasteiger partial charge in [-0.3, -0.25) is 4.79 Å². The number of hydrazone groups is 1. The summed E-state index contributed by atoms with van der Waals surface area (Å²) in [5, 5.41) is 4.92. The van der Waals surface area contributed by atoms with E-state index < -0.39 is 0 Å². The quantitative estimate of drug-likeness (QED) is 0.390. The average Bonchev–Trinajstić information content (AvgIpc) is 3.27. The van der Waals surface area contributed by atoms with Gasteiger partial charge in [-0.25, -0.2) is 15.0 Å². The summed E-state index contributed by atoms with van der Waals surface area (Å²) in [5.41, 5.74) is 6.00. The number of furan rings is 1. The summed E-state index contributed by atoms with van der Waals surface area (Å²) < 4.78 is 6.92. The van der Waals surface area contributed by atoms with Crippen LogP contribution >= 0.6 is 0 Å². The molecule has 4 aromatic rings. The second-order valence-corrected chi connectivity index (χ2v) is 7.13. The fourth-order valence-corrected chi connectivity index (χ4v) is 3.13. The molecule has 2 aromatic heterocycles. The Balaban J connectivity index is 1.84. The Morgan fingerprint density at radius 2 is 1.83 bits per heavy atom. The van der Waals surface area contributed by atoms with E-state index in [2.05, 4.69) is 29.4 Å². The molecule has 146 valence electrons. The third-order valence-electron chi connectivity index (χ3n) is 4.80. The van der Waals surface area contributed by atoms with Gasteiger partial charge in [-0.2, -0.15) is 5.10 Å². The summed E-state index contributed by atoms with van der Waals surface area (Å²) in [4.78, 5) is 17.9. The van der Waals surface area contributed by atoms with Gasteiger partial charge in [-0.05, 0) is 54.8 Å². The van der Waals surface area contributed by atoms with Crippen LogP contribution in [0.5, 0.6) is 0 Å². The lowest BCUT2D eigenvalue weighted by Crippen LogP contribution is -2.23. The number of hydrogen-bond acceptors (Lipinski definition) is 5. The number of para-hydroxylation sites is 1. The zero-order valence-corrected chi connectivity index (χ0v) is 16.6. The first-order valence-electron chi connectivity index (χ1n) is 9.51. The molecular formula is C23H22N4O2. The van der Waals surface area contributed by atoms with Gasteiger partial charge in [0.2, 0.25) is 5.95 Å². The predicted octanol–water partition coefficient (Wildman–Crippen LogP) is 4.94. The molecule has 0 radical (unpaired) electrons. The van der Waals surface area contributed by atoms with Crippen LogP contribution in [0.25, 0.3) is 16.6 Å². The third-order valence-corrected chi connectivity index (χ3v) is 4.80. The summed E-state index contributed by atoms with van der Waals surface area (Å²) in [6.45, 7) is 6.10. The van der Waals surface area contributed by atoms with E-state index >= 15 is 0 Å². The first kappa shape index (κ1) is 18.7. The van der Waals surface area contributed by atoms with E-state index in [9.17, 15) is 4.79 Å². The fourth-order valence-electron chi connectivity index (χ4n) is 3.13. The molecule has 0 spiro atoms. The molecule has 6 heteroatoms. The summed E-state index contributed by atoms with van der Waals surface area (Å²) in [6.07, 6.45) is 1.59. The van der Waals surface area contributed by atoms with Gasteiger partial charge in [0.05, 0.1) is 22.9 Å². The average molecular weight is 386 g/mol. The van der Waals surface area contributed by atoms with E-state index in [0.717, 1.165) is 5.69 Å². The summed E-state index contributed by atoms with van der Waals surface area (Å²) in [6, 6.07) is 18.8. The Hall–Kier alpha value is -3.67. The Morgan fingerprint density at radius 1 is 1.07 bits per heavy atom. The standard InChI is InChI=1S/C23H22N4O2/c1-15(2)17-10-12-18(13-11-17)27-22(28)19-7-4-5-8-20(19)24-23(27)26-25-16(3)21-9-6-14-29-21/h4-15H,1-3H3,(H,24,26)/b25-16-. The Bertz CT molecular complexity index is 1220. The number of rotatable bonds is 5. The number of nitrogens with one attached hydrogen (secondary N) is 1. The number of benzene rings is 2. The molecule has 0 saturated heterocycles. The minimum atomic E-state index is -0.152. The highest BCUT2D eigenvalue weighted by atomic mass is 16.3. The van der Waals surface area contributed by atoms with Crippen molar-refractivity contribution in [2.75, 3.05) is 5.43 Å². The highest BCUT2D eigenvalue weighted by Gasteiger charge is 2.13. The van der Waals surface area contributed by atoms with Crippen molar-refractivity contribution in [3.63, 3.8) is 0 Å². The van der Waals surface area contributed by atoms with Gasteiger partial charge in [0.1, 0.15) is 11.5 Å². The van der Waals surface area contributed by atoms with Crippen molar-refractivity contribution < 1.29 is 4.42 Å². The van der Waals surface area contributed by atoms with Crippen LogP contribution < -0.4 is 11.0 Å². The third kappa shape index (κ3) is 3.69. The van der Waals surface area contributed by atoms with E-state index in [1.807, 2.05) is 55.5 Å². The molecule has 4 rings (SSSR count). The lowest BCUT2D eigenvalue weighted by atomic mass is 10.0. The van der Waals surface area contributed by atoms with Crippen molar-refractivity contribution in [2.45, 2.75) is 26.7 Å². The zero-order valence-electron chi connectivity index (χ0n) is 16.6. The zero-order chi connectivity index (χ0) is 20.4. The largest absolute Gasteiger partial charge is 0.463 e. The minimum Gasteiger partial charge on any atom is -0.463 e. The highest BCUT2D eigenvalue weighted by Crippen LogP contribution is 2.20. The summed E-state index contributed by atoms with van der Waals surface area (Å²) in [5.74, 6) is 1.40. The Kier molecular flexibility index (Phi) is 4.99. The smallest absolute Gasteiger partial charge is 0.267 e. The Morgan fingerprint density at radius 3 is 2.52 bits per heavy atom. The molecule has 29 heavy (non-hydrogen) atoms. The molecule has 0 unspecified atom stereocenters. The predicted molar refractivity (Wildman–Crippen MR) is 116 cm³/mol. The molecule has 1 N–H and O–H groups in total. The van der Waals surface area contributed by atoms with Crippen molar-refractivity contribution >= 4 is 22.6 Å². The topological polar surface area (TPSA) is 72.4 Å². The minimum absolute atomic E-state index is 0.152. The van der Waals surface area contributed by atoms with E-state index in [0.29, 0.717) is 34.2 Å². The number of hydrogen-bond donors (Lipinski definition) is 1. The molecule has 6 nitrogen and oxygen atoms in total. The van der Waals surface area contributed by atoms with Gasteiger partial charge in [0.15, 0.2) is 0 Å². The van der Waals surface area contributed by atoms with Crippen LogP contribution in [0, 0.1) is 0 Å². The van der Waals surface area contributed by atoms with Crippen LogP contribution in [0.2, 0.25) is 0 Å². The van der Waals surface area contributed by atoms with Crippen LogP contribution in [0.15, 0.2) is 81.2 Å². The first-order valence-corrected chi connectivity index (χ1v) is 9.51. The second kappa shape index (κ2) is 7.75. The lowest BCUT2D eigenvalue weighted by molar-refractivity contribution is 0.557. The van der Waals surface area contributed by atoms with Crippen molar-refractivity contribution in [3.8, 4) is 5.69 Å². The Labute approximate surface area is 168 Å². The molecule has 0 aliphatic carbocycles. The van der Waals surface area contributed by atoms with Crippen molar-refractivity contribution in [2.24, 2.45) is 5.10 Å². The molecule has 0 fully saturated rings. The molecule has 0 saturated carbocycles. The summed E-state index contributed by atoms with van der Waals surface area (Å²) >= 11 is 0. The van der Waals surface area contributed by atoms with Crippen LogP contribution in [0.1, 0.15) is 38.0 Å². The van der Waals surface area contributed by atoms with Crippen molar-refractivity contribution in [1.82, 2.24) is 9.55 Å². The maximum Gasteiger partial charge on any atom is 0.267 e. The molecular weight excluding hydrogens is 364 g/mol. The highest BCUT2D eigenvalue weighted by molar-refractivity contribution is 5.96. The van der Waals surface area contributed by atoms with E-state index in [-0.39, 0.29) is 5.56 Å². The summed E-state index contributed by atoms with van der Waals surface area (Å²) in [7, 11) is 0. The number of nitrogens with zero attached hydrogens (tertiary/aromatic N) is 3. The van der Waals surface area contributed by atoms with Crippen molar-refractivity contribution in [3.05, 3.63) is 88.6 Å². The molecule has 2 heterocycles. The molecule has 0 amide bonds. The molecule has 2 aromatic carbocycles. The van der Waals surface area contributed by atoms with Gasteiger partial charge >= 0.3 is 0 Å². The van der Waals surface area contributed by atoms with Crippen molar-refractivity contribution in [1.29, 1.82) is 0 Å². The number of aromatic nitrogens is 2. The van der Waals surface area contributed by atoms with Crippen LogP contribution in [-0.4, -0.2) is 15.3 Å². The van der Waals surface area contributed by atoms with Gasteiger partial charge in [0, 0.05) is 0 Å². The van der Waals surface area contributed by atoms with Gasteiger partial charge in [-0.1, -0.05) is 38.1 Å². The lowest BCUT2D eigenvalue weighted by Gasteiger charge is -2.14. The number of anilines is 1. The number of fused-ring (bicyclic) bond motifs is 1. The monoisotopic (exact) mass is 386 g/mol. The molecule has 0 atom stereocenters.